The third-order valence-corrected chi connectivity index (χ3v) is 1.96. The Balaban J connectivity index is 2.78. The van der Waals surface area contributed by atoms with Crippen LogP contribution >= 0.6 is 11.6 Å². The summed E-state index contributed by atoms with van der Waals surface area (Å²) >= 11 is 5.75. The molecular weight excluding hydrogens is 205 g/mol. The molecule has 1 aromatic carbocycles. The Kier molecular flexibility index (Phi) is 3.75. The highest BCUT2D eigenvalue weighted by molar-refractivity contribution is 6.31. The summed E-state index contributed by atoms with van der Waals surface area (Å²) < 4.78 is 17.9. The largest absolute Gasteiger partial charge is 0.396 e. The van der Waals surface area contributed by atoms with Crippen molar-refractivity contribution in [2.75, 3.05) is 12.3 Å². The van der Waals surface area contributed by atoms with Crippen molar-refractivity contribution in [1.82, 2.24) is 0 Å². The number of rotatable bonds is 3. The van der Waals surface area contributed by atoms with E-state index in [1.807, 2.05) is 0 Å². The molecular formula is C10H9ClFNO. The maximum atomic E-state index is 12.9. The fraction of sp³-hybridized carbons (Fsp3) is 0.200. The zero-order valence-electron chi connectivity index (χ0n) is 7.39. The molecule has 0 saturated carbocycles. The van der Waals surface area contributed by atoms with Crippen LogP contribution in [0.25, 0.3) is 0 Å². The first kappa shape index (κ1) is 10.8. The lowest BCUT2D eigenvalue weighted by Crippen LogP contribution is -1.98. The molecule has 0 fully saturated rings. The molecule has 0 heterocycles. The molecule has 0 spiro atoms. The van der Waals surface area contributed by atoms with Crippen LogP contribution in [0, 0.1) is 18.2 Å². The highest BCUT2D eigenvalue weighted by Crippen LogP contribution is 2.22. The number of terminal acetylenes is 1. The lowest BCUT2D eigenvalue weighted by atomic mass is 10.2. The molecule has 0 aliphatic carbocycles. The molecule has 0 radical (unpaired) electrons. The van der Waals surface area contributed by atoms with Crippen LogP contribution in [0.5, 0.6) is 0 Å². The number of hydrogen-bond acceptors (Lipinski definition) is 2. The van der Waals surface area contributed by atoms with Gasteiger partial charge < -0.3 is 10.5 Å². The van der Waals surface area contributed by atoms with Crippen molar-refractivity contribution in [2.45, 2.75) is 6.61 Å². The first-order chi connectivity index (χ1) is 6.65. The fourth-order valence-corrected chi connectivity index (χ4v) is 1.15. The molecule has 2 N–H and O–H groups in total. The minimum absolute atomic E-state index is 0.0497. The van der Waals surface area contributed by atoms with Gasteiger partial charge in [0.05, 0.1) is 12.3 Å². The molecule has 0 unspecified atom stereocenters. The van der Waals surface area contributed by atoms with E-state index in [9.17, 15) is 4.39 Å². The summed E-state index contributed by atoms with van der Waals surface area (Å²) in [7, 11) is 0. The van der Waals surface area contributed by atoms with E-state index in [4.69, 9.17) is 28.5 Å². The van der Waals surface area contributed by atoms with Crippen molar-refractivity contribution in [3.05, 3.63) is 28.5 Å². The average Bonchev–Trinajstić information content (AvgIpc) is 2.14. The van der Waals surface area contributed by atoms with Crippen LogP contribution < -0.4 is 5.73 Å². The van der Waals surface area contributed by atoms with Gasteiger partial charge in [0.2, 0.25) is 0 Å². The monoisotopic (exact) mass is 213 g/mol. The quantitative estimate of drug-likeness (QED) is 0.475. The van der Waals surface area contributed by atoms with Gasteiger partial charge in [0.1, 0.15) is 12.4 Å². The summed E-state index contributed by atoms with van der Waals surface area (Å²) in [5.74, 6) is 1.78. The van der Waals surface area contributed by atoms with Crippen molar-refractivity contribution in [3.8, 4) is 12.3 Å². The van der Waals surface area contributed by atoms with Crippen LogP contribution in [0.2, 0.25) is 5.02 Å². The van der Waals surface area contributed by atoms with Gasteiger partial charge in [0.15, 0.2) is 0 Å². The Morgan fingerprint density at radius 3 is 2.93 bits per heavy atom. The van der Waals surface area contributed by atoms with Gasteiger partial charge in [0.25, 0.3) is 0 Å². The summed E-state index contributed by atoms with van der Waals surface area (Å²) in [6.45, 7) is 0.418. The molecule has 0 bridgehead atoms. The summed E-state index contributed by atoms with van der Waals surface area (Å²) in [4.78, 5) is 0. The standard InChI is InChI=1S/C10H9ClFNO/c1-2-3-14-6-7-4-10(13)9(12)5-8(7)11/h1,4-5H,3,6,13H2. The van der Waals surface area contributed by atoms with Crippen molar-refractivity contribution < 1.29 is 9.13 Å². The predicted molar refractivity (Wildman–Crippen MR) is 54.3 cm³/mol. The van der Waals surface area contributed by atoms with E-state index in [-0.39, 0.29) is 23.9 Å². The van der Waals surface area contributed by atoms with Crippen LogP contribution in [0.3, 0.4) is 0 Å². The smallest absolute Gasteiger partial charge is 0.147 e. The van der Waals surface area contributed by atoms with E-state index in [1.54, 1.807) is 0 Å². The van der Waals surface area contributed by atoms with Crippen LogP contribution in [0.1, 0.15) is 5.56 Å². The predicted octanol–water partition coefficient (Wildman–Crippen LogP) is 2.21. The van der Waals surface area contributed by atoms with Crippen LogP contribution in [0.15, 0.2) is 12.1 Å². The van der Waals surface area contributed by atoms with Gasteiger partial charge in [-0.25, -0.2) is 4.39 Å². The molecule has 0 aromatic heterocycles. The first-order valence-corrected chi connectivity index (χ1v) is 4.27. The zero-order valence-corrected chi connectivity index (χ0v) is 8.14. The Bertz CT molecular complexity index is 373. The average molecular weight is 214 g/mol. The summed E-state index contributed by atoms with van der Waals surface area (Å²) in [6.07, 6.45) is 4.99. The summed E-state index contributed by atoms with van der Waals surface area (Å²) in [5.41, 5.74) is 6.04. The molecule has 14 heavy (non-hydrogen) atoms. The van der Waals surface area contributed by atoms with Gasteiger partial charge in [-0.2, -0.15) is 0 Å². The van der Waals surface area contributed by atoms with E-state index in [0.717, 1.165) is 6.07 Å². The minimum atomic E-state index is -0.532. The number of benzene rings is 1. The number of anilines is 1. The second-order valence-corrected chi connectivity index (χ2v) is 3.07. The Labute approximate surface area is 86.8 Å². The molecule has 0 aliphatic rings. The Morgan fingerprint density at radius 1 is 1.57 bits per heavy atom. The maximum absolute atomic E-state index is 12.9. The number of ether oxygens (including phenoxy) is 1. The normalized spacial score (nSPS) is 9.79. The van der Waals surface area contributed by atoms with Gasteiger partial charge in [-0.3, -0.25) is 0 Å². The molecule has 1 rings (SSSR count). The lowest BCUT2D eigenvalue weighted by Gasteiger charge is -2.05. The van der Waals surface area contributed by atoms with E-state index < -0.39 is 5.82 Å². The van der Waals surface area contributed by atoms with Crippen molar-refractivity contribution in [3.63, 3.8) is 0 Å². The number of nitrogen functional groups attached to an aromatic ring is 1. The first-order valence-electron chi connectivity index (χ1n) is 3.89. The molecule has 0 saturated heterocycles. The molecule has 1 aromatic rings. The van der Waals surface area contributed by atoms with Crippen molar-refractivity contribution in [2.24, 2.45) is 0 Å². The summed E-state index contributed by atoms with van der Waals surface area (Å²) in [5, 5.41) is 0.286. The third kappa shape index (κ3) is 2.63. The second-order valence-electron chi connectivity index (χ2n) is 2.66. The fourth-order valence-electron chi connectivity index (χ4n) is 0.943. The molecule has 74 valence electrons. The van der Waals surface area contributed by atoms with Gasteiger partial charge >= 0.3 is 0 Å². The van der Waals surface area contributed by atoms with Gasteiger partial charge in [-0.15, -0.1) is 6.42 Å². The van der Waals surface area contributed by atoms with Crippen LogP contribution in [0.4, 0.5) is 10.1 Å². The van der Waals surface area contributed by atoms with Gasteiger partial charge in [0, 0.05) is 5.02 Å². The topological polar surface area (TPSA) is 35.2 Å². The lowest BCUT2D eigenvalue weighted by molar-refractivity contribution is 0.153. The second kappa shape index (κ2) is 4.85. The van der Waals surface area contributed by atoms with Crippen LogP contribution in [-0.4, -0.2) is 6.61 Å². The number of nitrogens with two attached hydrogens (primary N) is 1. The SMILES string of the molecule is C#CCOCc1cc(N)c(F)cc1Cl. The van der Waals surface area contributed by atoms with E-state index in [1.165, 1.54) is 6.07 Å². The molecule has 4 heteroatoms. The zero-order chi connectivity index (χ0) is 10.6. The molecule has 0 atom stereocenters. The van der Waals surface area contributed by atoms with E-state index in [2.05, 4.69) is 5.92 Å². The molecule has 2 nitrogen and oxygen atoms in total. The highest BCUT2D eigenvalue weighted by Gasteiger charge is 2.05. The van der Waals surface area contributed by atoms with E-state index >= 15 is 0 Å². The highest BCUT2D eigenvalue weighted by atomic mass is 35.5. The van der Waals surface area contributed by atoms with Gasteiger partial charge in [-0.05, 0) is 17.7 Å². The number of hydrogen-bond donors (Lipinski definition) is 1. The molecule has 0 amide bonds. The third-order valence-electron chi connectivity index (χ3n) is 1.61. The number of halogens is 2. The van der Waals surface area contributed by atoms with E-state index in [0.29, 0.717) is 5.56 Å². The van der Waals surface area contributed by atoms with Crippen molar-refractivity contribution in [1.29, 1.82) is 0 Å². The van der Waals surface area contributed by atoms with Gasteiger partial charge in [-0.1, -0.05) is 17.5 Å². The molecule has 0 aliphatic heterocycles. The van der Waals surface area contributed by atoms with Crippen molar-refractivity contribution >= 4 is 17.3 Å². The summed E-state index contributed by atoms with van der Waals surface area (Å²) in [6, 6.07) is 2.60. The van der Waals surface area contributed by atoms with Crippen LogP contribution in [-0.2, 0) is 11.3 Å². The Morgan fingerprint density at radius 2 is 2.29 bits per heavy atom. The maximum Gasteiger partial charge on any atom is 0.147 e. The minimum Gasteiger partial charge on any atom is -0.396 e. The Hall–Kier alpha value is -1.24.